The SMILES string of the molecule is COc1ccccc1N(C)C(=O)[C@@H]1CC(c2ccccc2)=NO1. The predicted molar refractivity (Wildman–Crippen MR) is 88.9 cm³/mol. The number of hydrogen-bond acceptors (Lipinski definition) is 4. The lowest BCUT2D eigenvalue weighted by Gasteiger charge is -2.21. The van der Waals surface area contributed by atoms with Crippen LogP contribution in [0, 0.1) is 0 Å². The van der Waals surface area contributed by atoms with Gasteiger partial charge >= 0.3 is 0 Å². The molecular weight excluding hydrogens is 292 g/mol. The first-order chi connectivity index (χ1) is 11.2. The Hall–Kier alpha value is -2.82. The summed E-state index contributed by atoms with van der Waals surface area (Å²) in [5.74, 6) is 0.495. The lowest BCUT2D eigenvalue weighted by atomic mass is 10.0. The van der Waals surface area contributed by atoms with E-state index in [1.807, 2.05) is 54.6 Å². The molecule has 0 fully saturated rings. The van der Waals surface area contributed by atoms with Crippen LogP contribution < -0.4 is 9.64 Å². The second-order valence-corrected chi connectivity index (χ2v) is 5.27. The van der Waals surface area contributed by atoms with Crippen LogP contribution in [0.3, 0.4) is 0 Å². The molecule has 23 heavy (non-hydrogen) atoms. The highest BCUT2D eigenvalue weighted by Crippen LogP contribution is 2.28. The molecule has 0 aromatic heterocycles. The number of carbonyl (C=O) groups excluding carboxylic acids is 1. The minimum atomic E-state index is -0.611. The van der Waals surface area contributed by atoms with E-state index < -0.39 is 6.10 Å². The van der Waals surface area contributed by atoms with E-state index in [0.29, 0.717) is 17.9 Å². The second kappa shape index (κ2) is 6.52. The van der Waals surface area contributed by atoms with Crippen molar-refractivity contribution in [2.24, 2.45) is 5.16 Å². The predicted octanol–water partition coefficient (Wildman–Crippen LogP) is 2.85. The summed E-state index contributed by atoms with van der Waals surface area (Å²) >= 11 is 0. The van der Waals surface area contributed by atoms with Crippen molar-refractivity contribution in [3.63, 3.8) is 0 Å². The Labute approximate surface area is 135 Å². The maximum atomic E-state index is 12.7. The molecule has 0 bridgehead atoms. The van der Waals surface area contributed by atoms with Crippen molar-refractivity contribution < 1.29 is 14.4 Å². The van der Waals surface area contributed by atoms with Gasteiger partial charge in [-0.05, 0) is 17.7 Å². The molecule has 0 saturated heterocycles. The smallest absolute Gasteiger partial charge is 0.271 e. The van der Waals surface area contributed by atoms with E-state index in [0.717, 1.165) is 11.3 Å². The monoisotopic (exact) mass is 310 g/mol. The minimum Gasteiger partial charge on any atom is -0.495 e. The van der Waals surface area contributed by atoms with E-state index in [4.69, 9.17) is 9.57 Å². The Morgan fingerprint density at radius 3 is 2.61 bits per heavy atom. The van der Waals surface area contributed by atoms with Gasteiger partial charge in [0.1, 0.15) is 5.75 Å². The van der Waals surface area contributed by atoms with Crippen molar-refractivity contribution in [1.82, 2.24) is 0 Å². The maximum absolute atomic E-state index is 12.7. The number of carbonyl (C=O) groups is 1. The summed E-state index contributed by atoms with van der Waals surface area (Å²) in [6, 6.07) is 17.1. The molecule has 1 aliphatic rings. The third-order valence-corrected chi connectivity index (χ3v) is 3.83. The van der Waals surface area contributed by atoms with Gasteiger partial charge in [-0.2, -0.15) is 0 Å². The Morgan fingerprint density at radius 2 is 1.87 bits per heavy atom. The minimum absolute atomic E-state index is 0.149. The molecule has 0 saturated carbocycles. The molecular formula is C18H18N2O3. The third kappa shape index (κ3) is 3.04. The topological polar surface area (TPSA) is 51.1 Å². The average molecular weight is 310 g/mol. The first-order valence-corrected chi connectivity index (χ1v) is 7.39. The molecule has 5 nitrogen and oxygen atoms in total. The van der Waals surface area contributed by atoms with Crippen molar-refractivity contribution in [2.75, 3.05) is 19.1 Å². The first-order valence-electron chi connectivity index (χ1n) is 7.39. The standard InChI is InChI=1S/C18H18N2O3/c1-20(15-10-6-7-11-16(15)22-2)18(21)17-12-14(19-23-17)13-8-4-3-5-9-13/h3-11,17H,12H2,1-2H3/t17-/m0/s1. The molecule has 0 aliphatic carbocycles. The van der Waals surface area contributed by atoms with Crippen LogP contribution in [0.15, 0.2) is 59.8 Å². The van der Waals surface area contributed by atoms with Crippen LogP contribution >= 0.6 is 0 Å². The normalized spacial score (nSPS) is 16.4. The Kier molecular flexibility index (Phi) is 4.28. The van der Waals surface area contributed by atoms with Crippen LogP contribution in [0.2, 0.25) is 0 Å². The molecule has 1 heterocycles. The number of para-hydroxylation sites is 2. The number of hydrogen-bond donors (Lipinski definition) is 0. The zero-order valence-corrected chi connectivity index (χ0v) is 13.1. The fourth-order valence-corrected chi connectivity index (χ4v) is 2.55. The molecule has 5 heteroatoms. The number of methoxy groups -OCH3 is 1. The van der Waals surface area contributed by atoms with Gasteiger partial charge < -0.3 is 14.5 Å². The van der Waals surface area contributed by atoms with Gasteiger partial charge in [-0.1, -0.05) is 47.6 Å². The second-order valence-electron chi connectivity index (χ2n) is 5.27. The number of nitrogens with zero attached hydrogens (tertiary/aromatic N) is 2. The summed E-state index contributed by atoms with van der Waals surface area (Å²) in [7, 11) is 3.30. The van der Waals surface area contributed by atoms with Gasteiger partial charge in [0, 0.05) is 13.5 Å². The van der Waals surface area contributed by atoms with Crippen molar-refractivity contribution in [1.29, 1.82) is 0 Å². The van der Waals surface area contributed by atoms with Gasteiger partial charge in [0.05, 0.1) is 18.5 Å². The number of oxime groups is 1. The molecule has 0 N–H and O–H groups in total. The summed E-state index contributed by atoms with van der Waals surface area (Å²) in [6.07, 6.45) is -0.150. The summed E-state index contributed by atoms with van der Waals surface area (Å²) in [5, 5.41) is 4.07. The third-order valence-electron chi connectivity index (χ3n) is 3.83. The molecule has 1 aliphatic heterocycles. The fourth-order valence-electron chi connectivity index (χ4n) is 2.55. The highest BCUT2D eigenvalue weighted by Gasteiger charge is 2.32. The van der Waals surface area contributed by atoms with Gasteiger partial charge in [0.15, 0.2) is 0 Å². The number of benzene rings is 2. The van der Waals surface area contributed by atoms with Crippen molar-refractivity contribution in [3.8, 4) is 5.75 Å². The first kappa shape index (κ1) is 15.1. The summed E-state index contributed by atoms with van der Waals surface area (Å²) < 4.78 is 5.31. The van der Waals surface area contributed by atoms with E-state index in [1.54, 1.807) is 19.1 Å². The van der Waals surface area contributed by atoms with E-state index >= 15 is 0 Å². The largest absolute Gasteiger partial charge is 0.495 e. The number of likely N-dealkylation sites (N-methyl/N-ethyl adjacent to an activating group) is 1. The summed E-state index contributed by atoms with van der Waals surface area (Å²) in [6.45, 7) is 0. The van der Waals surface area contributed by atoms with Crippen molar-refractivity contribution in [3.05, 3.63) is 60.2 Å². The van der Waals surface area contributed by atoms with Gasteiger partial charge in [-0.3, -0.25) is 4.79 Å². The van der Waals surface area contributed by atoms with Crippen molar-refractivity contribution >= 4 is 17.3 Å². The van der Waals surface area contributed by atoms with Crippen LogP contribution in [0.1, 0.15) is 12.0 Å². The number of amides is 1. The molecule has 2 aromatic carbocycles. The Balaban J connectivity index is 1.73. The van der Waals surface area contributed by atoms with E-state index in [9.17, 15) is 4.79 Å². The maximum Gasteiger partial charge on any atom is 0.271 e. The lowest BCUT2D eigenvalue weighted by Crippen LogP contribution is -2.36. The highest BCUT2D eigenvalue weighted by atomic mass is 16.6. The van der Waals surface area contributed by atoms with E-state index in [1.165, 1.54) is 0 Å². The highest BCUT2D eigenvalue weighted by molar-refractivity contribution is 6.06. The molecule has 0 spiro atoms. The Morgan fingerprint density at radius 1 is 1.17 bits per heavy atom. The van der Waals surface area contributed by atoms with Crippen LogP contribution in [-0.4, -0.2) is 31.9 Å². The van der Waals surface area contributed by atoms with Crippen LogP contribution in [0.25, 0.3) is 0 Å². The molecule has 2 aromatic rings. The summed E-state index contributed by atoms with van der Waals surface area (Å²) in [5.41, 5.74) is 2.47. The fraction of sp³-hybridized carbons (Fsp3) is 0.222. The molecule has 118 valence electrons. The number of rotatable bonds is 4. The van der Waals surface area contributed by atoms with Gasteiger partial charge in [-0.15, -0.1) is 0 Å². The van der Waals surface area contributed by atoms with E-state index in [-0.39, 0.29) is 5.91 Å². The van der Waals surface area contributed by atoms with Crippen LogP contribution in [0.4, 0.5) is 5.69 Å². The van der Waals surface area contributed by atoms with Crippen LogP contribution in [0.5, 0.6) is 5.75 Å². The zero-order valence-electron chi connectivity index (χ0n) is 13.1. The molecule has 0 radical (unpaired) electrons. The average Bonchev–Trinajstić information content (AvgIpc) is 3.11. The molecule has 0 unspecified atom stereocenters. The molecule has 3 rings (SSSR count). The van der Waals surface area contributed by atoms with Gasteiger partial charge in [0.25, 0.3) is 5.91 Å². The van der Waals surface area contributed by atoms with Crippen molar-refractivity contribution in [2.45, 2.75) is 12.5 Å². The number of anilines is 1. The molecule has 1 atom stereocenters. The van der Waals surface area contributed by atoms with Gasteiger partial charge in [-0.25, -0.2) is 0 Å². The summed E-state index contributed by atoms with van der Waals surface area (Å²) in [4.78, 5) is 19.6. The zero-order chi connectivity index (χ0) is 16.2. The molecule has 1 amide bonds. The van der Waals surface area contributed by atoms with Gasteiger partial charge in [0.2, 0.25) is 6.10 Å². The Bertz CT molecular complexity index is 728. The lowest BCUT2D eigenvalue weighted by molar-refractivity contribution is -0.128. The quantitative estimate of drug-likeness (QED) is 0.872. The van der Waals surface area contributed by atoms with E-state index in [2.05, 4.69) is 5.16 Å². The van der Waals surface area contributed by atoms with Crippen LogP contribution in [-0.2, 0) is 9.63 Å². The number of ether oxygens (including phenoxy) is 1.